The standard InChI is InChI=1S/C12H23O3.BrH.Hg/c1-3-4-5-6-7-8-12-13-10-9-11(2)14-15-12;;/h11-12H,2-10H2,1H3;1H;/q;;+1/p-1/t11-,12-;;/m1../s1. The Morgan fingerprint density at radius 2 is 2.00 bits per heavy atom. The molecule has 0 aromatic rings. The number of hydrogen-bond acceptors (Lipinski definition) is 3. The molecule has 2 atom stereocenters. The van der Waals surface area contributed by atoms with Crippen LogP contribution >= 0.6 is 11.9 Å². The molecule has 17 heavy (non-hydrogen) atoms. The van der Waals surface area contributed by atoms with E-state index >= 15 is 0 Å². The van der Waals surface area contributed by atoms with Crippen LogP contribution < -0.4 is 0 Å². The fraction of sp³-hybridized carbons (Fsp3) is 1.00. The Bertz CT molecular complexity index is 183. The second kappa shape index (κ2) is 11.1. The Labute approximate surface area is 123 Å². The van der Waals surface area contributed by atoms with Crippen molar-refractivity contribution in [1.29, 1.82) is 0 Å². The third kappa shape index (κ3) is 8.14. The van der Waals surface area contributed by atoms with Gasteiger partial charge in [-0.3, -0.25) is 0 Å². The van der Waals surface area contributed by atoms with Gasteiger partial charge in [0.1, 0.15) is 0 Å². The molecule has 98 valence electrons. The van der Waals surface area contributed by atoms with Crippen LogP contribution in [0.5, 0.6) is 0 Å². The minimum atomic E-state index is -0.787. The number of unbranched alkanes of at least 4 members (excludes halogenated alkanes) is 4. The summed E-state index contributed by atoms with van der Waals surface area (Å²) in [5.74, 6) is 0. The van der Waals surface area contributed by atoms with Gasteiger partial charge < -0.3 is 0 Å². The Balaban J connectivity index is 2.05. The first-order valence-corrected chi connectivity index (χ1v) is 22.7. The Morgan fingerprint density at radius 1 is 1.18 bits per heavy atom. The molecule has 0 unspecified atom stereocenters. The van der Waals surface area contributed by atoms with E-state index < -0.39 is 22.1 Å². The molecule has 0 spiro atoms. The van der Waals surface area contributed by atoms with Gasteiger partial charge in [-0.1, -0.05) is 0 Å². The van der Waals surface area contributed by atoms with Crippen LogP contribution in [0.25, 0.3) is 0 Å². The van der Waals surface area contributed by atoms with Crippen LogP contribution in [0.1, 0.15) is 51.9 Å². The molecule has 1 rings (SSSR count). The van der Waals surface area contributed by atoms with Crippen LogP contribution in [0.3, 0.4) is 0 Å². The molecule has 1 saturated heterocycles. The first kappa shape index (κ1) is 16.3. The van der Waals surface area contributed by atoms with Gasteiger partial charge in [-0.05, 0) is 0 Å². The molecule has 3 nitrogen and oxygen atoms in total. The molecular formula is C12H23BrHgO3. The van der Waals surface area contributed by atoms with E-state index in [-0.39, 0.29) is 12.4 Å². The van der Waals surface area contributed by atoms with Crippen molar-refractivity contribution in [2.75, 3.05) is 6.61 Å². The summed E-state index contributed by atoms with van der Waals surface area (Å²) in [6.45, 7) is 3.02. The molecule has 0 saturated carbocycles. The van der Waals surface area contributed by atoms with Gasteiger partial charge in [0, 0.05) is 0 Å². The van der Waals surface area contributed by atoms with Crippen molar-refractivity contribution in [2.45, 2.75) is 68.2 Å². The van der Waals surface area contributed by atoms with E-state index in [0.29, 0.717) is 0 Å². The molecule has 1 aliphatic heterocycles. The first-order valence-electron chi connectivity index (χ1n) is 6.86. The summed E-state index contributed by atoms with van der Waals surface area (Å²) in [6, 6.07) is 0. The maximum absolute atomic E-state index is 5.65. The Hall–Kier alpha value is 1.30. The topological polar surface area (TPSA) is 27.7 Å². The van der Waals surface area contributed by atoms with Crippen molar-refractivity contribution in [1.82, 2.24) is 0 Å². The van der Waals surface area contributed by atoms with Crippen molar-refractivity contribution in [3.63, 3.8) is 0 Å². The monoisotopic (exact) mass is 496 g/mol. The second-order valence-electron chi connectivity index (χ2n) is 4.58. The molecule has 0 bridgehead atoms. The van der Waals surface area contributed by atoms with E-state index in [2.05, 4.69) is 18.8 Å². The van der Waals surface area contributed by atoms with E-state index in [1.807, 2.05) is 0 Å². The van der Waals surface area contributed by atoms with Crippen molar-refractivity contribution in [2.24, 2.45) is 0 Å². The molecular weight excluding hydrogens is 473 g/mol. The van der Waals surface area contributed by atoms with Crippen molar-refractivity contribution in [3.8, 4) is 0 Å². The third-order valence-electron chi connectivity index (χ3n) is 3.02. The van der Waals surface area contributed by atoms with Gasteiger partial charge in [-0.15, -0.1) is 0 Å². The third-order valence-corrected chi connectivity index (χ3v) is 10.4. The zero-order valence-electron chi connectivity index (χ0n) is 10.8. The summed E-state index contributed by atoms with van der Waals surface area (Å²) in [6.07, 6.45) is 8.51. The van der Waals surface area contributed by atoms with Gasteiger partial charge in [0.05, 0.1) is 0 Å². The minimum absolute atomic E-state index is 0.131. The average molecular weight is 496 g/mol. The van der Waals surface area contributed by atoms with Gasteiger partial charge in [-0.2, -0.15) is 0 Å². The molecule has 0 aromatic heterocycles. The average Bonchev–Trinajstić information content (AvgIpc) is 2.55. The summed E-state index contributed by atoms with van der Waals surface area (Å²) in [5, 5.41) is 0. The van der Waals surface area contributed by atoms with Gasteiger partial charge >= 0.3 is 123 Å². The Morgan fingerprint density at radius 3 is 2.76 bits per heavy atom. The predicted octanol–water partition coefficient (Wildman–Crippen LogP) is 4.22. The van der Waals surface area contributed by atoms with Crippen LogP contribution in [0.4, 0.5) is 0 Å². The zero-order chi connectivity index (χ0) is 12.3. The molecule has 1 aliphatic rings. The molecule has 0 radical (unpaired) electrons. The molecule has 0 amide bonds. The van der Waals surface area contributed by atoms with Crippen molar-refractivity contribution < 1.29 is 36.7 Å². The van der Waals surface area contributed by atoms with Crippen molar-refractivity contribution in [3.05, 3.63) is 0 Å². The summed E-state index contributed by atoms with van der Waals surface area (Å²) in [4.78, 5) is 10.8. The summed E-state index contributed by atoms with van der Waals surface area (Å²) >= 11 is 2.85. The predicted molar refractivity (Wildman–Crippen MR) is 67.4 cm³/mol. The molecule has 5 heteroatoms. The van der Waals surface area contributed by atoms with Crippen LogP contribution in [-0.4, -0.2) is 19.0 Å². The molecule has 1 heterocycles. The van der Waals surface area contributed by atoms with Gasteiger partial charge in [0.2, 0.25) is 0 Å². The zero-order valence-corrected chi connectivity index (χ0v) is 17.9. The molecule has 0 N–H and O–H groups in total. The molecule has 0 aromatic carbocycles. The number of hydrogen-bond donors (Lipinski definition) is 0. The van der Waals surface area contributed by atoms with Gasteiger partial charge in [0.15, 0.2) is 0 Å². The van der Waals surface area contributed by atoms with E-state index in [4.69, 9.17) is 14.5 Å². The quantitative estimate of drug-likeness (QED) is 0.287. The molecule has 0 aliphatic carbocycles. The number of halogens is 1. The van der Waals surface area contributed by atoms with E-state index in [1.54, 1.807) is 0 Å². The molecule has 1 fully saturated rings. The summed E-state index contributed by atoms with van der Waals surface area (Å²) in [5.41, 5.74) is 0. The van der Waals surface area contributed by atoms with E-state index in [1.165, 1.54) is 36.0 Å². The van der Waals surface area contributed by atoms with Crippen LogP contribution in [0.2, 0.25) is 3.93 Å². The normalized spacial score (nSPS) is 25.3. The van der Waals surface area contributed by atoms with Crippen LogP contribution in [0.15, 0.2) is 0 Å². The maximum atomic E-state index is 5.65. The fourth-order valence-corrected chi connectivity index (χ4v) is 8.83. The number of ether oxygens (including phenoxy) is 1. The fourth-order valence-electron chi connectivity index (χ4n) is 1.91. The summed E-state index contributed by atoms with van der Waals surface area (Å²) in [7, 11) is 0. The second-order valence-corrected chi connectivity index (χ2v) is 15.3. The van der Waals surface area contributed by atoms with Crippen LogP contribution in [-0.2, 0) is 36.7 Å². The van der Waals surface area contributed by atoms with Gasteiger partial charge in [-0.25, -0.2) is 0 Å². The van der Waals surface area contributed by atoms with Crippen molar-refractivity contribution >= 4 is 11.9 Å². The summed E-state index contributed by atoms with van der Waals surface area (Å²) < 4.78 is 6.85. The number of rotatable bonds is 8. The van der Waals surface area contributed by atoms with Gasteiger partial charge in [0.25, 0.3) is 0 Å². The SMILES string of the molecule is CCCCCCC[C@@H]1OCC[C@@H]([CH2][Hg][Br])OO1. The Kier molecular flexibility index (Phi) is 10.7. The van der Waals surface area contributed by atoms with Crippen LogP contribution in [0, 0.1) is 0 Å². The first-order chi connectivity index (χ1) is 8.36. The van der Waals surface area contributed by atoms with E-state index in [9.17, 15) is 0 Å². The van der Waals surface area contributed by atoms with E-state index in [0.717, 1.165) is 19.4 Å².